The summed E-state index contributed by atoms with van der Waals surface area (Å²) in [6.07, 6.45) is 5.26. The largest absolute Gasteiger partial charge is 0.352 e. The van der Waals surface area contributed by atoms with Crippen molar-refractivity contribution in [3.05, 3.63) is 18.6 Å². The molecule has 0 unspecified atom stereocenters. The first-order chi connectivity index (χ1) is 17.3. The van der Waals surface area contributed by atoms with E-state index in [0.29, 0.717) is 36.8 Å². The Hall–Kier alpha value is -3.55. The fraction of sp³-hybridized carbons (Fsp3) is 0.565. The van der Waals surface area contributed by atoms with E-state index in [1.165, 1.54) is 13.3 Å². The molecule has 2 aromatic heterocycles. The first-order valence-corrected chi connectivity index (χ1v) is 13.8. The molecule has 0 saturated heterocycles. The standard InChI is InChI=1S/C23H35N7O6S/c1-14(2)19(21(33)28-17(15(3)31)7-5-10-25-23(24)34)29-18(32)8-6-11-30-12-9-16-20(30)26-13-27-22(16)37(4,35)36/h9,12-14,17,19H,5-8,10-11H2,1-4H3,(H,28,33)(H,29,32)(H3,24,25,34)/t17-,19-/m0/s1. The van der Waals surface area contributed by atoms with Crippen LogP contribution in [0.4, 0.5) is 4.79 Å². The van der Waals surface area contributed by atoms with Gasteiger partial charge in [0.25, 0.3) is 0 Å². The maximum absolute atomic E-state index is 12.9. The molecule has 13 nitrogen and oxygen atoms in total. The Morgan fingerprint density at radius 1 is 1.11 bits per heavy atom. The fourth-order valence-corrected chi connectivity index (χ4v) is 4.60. The predicted molar refractivity (Wildman–Crippen MR) is 136 cm³/mol. The first kappa shape index (κ1) is 29.7. The van der Waals surface area contributed by atoms with Crippen LogP contribution in [0.2, 0.25) is 0 Å². The quantitative estimate of drug-likeness (QED) is 0.195. The molecule has 37 heavy (non-hydrogen) atoms. The Labute approximate surface area is 215 Å². The minimum absolute atomic E-state index is 0.0484. The summed E-state index contributed by atoms with van der Waals surface area (Å²) in [6, 6.07) is -0.625. The van der Waals surface area contributed by atoms with Crippen molar-refractivity contribution in [1.29, 1.82) is 0 Å². The Kier molecular flexibility index (Phi) is 10.5. The van der Waals surface area contributed by atoms with E-state index in [0.717, 1.165) is 6.26 Å². The number of nitrogens with zero attached hydrogens (tertiary/aromatic N) is 3. The van der Waals surface area contributed by atoms with Crippen LogP contribution >= 0.6 is 0 Å². The second kappa shape index (κ2) is 13.1. The van der Waals surface area contributed by atoms with Crippen LogP contribution in [0.3, 0.4) is 0 Å². The molecule has 5 N–H and O–H groups in total. The summed E-state index contributed by atoms with van der Waals surface area (Å²) in [7, 11) is -3.51. The molecule has 0 radical (unpaired) electrons. The van der Waals surface area contributed by atoms with Crippen molar-refractivity contribution in [1.82, 2.24) is 30.5 Å². The fourth-order valence-electron chi connectivity index (χ4n) is 3.80. The zero-order valence-corrected chi connectivity index (χ0v) is 22.3. The lowest BCUT2D eigenvalue weighted by atomic mass is 10.0. The van der Waals surface area contributed by atoms with Gasteiger partial charge >= 0.3 is 6.03 Å². The molecule has 2 aromatic rings. The van der Waals surface area contributed by atoms with Gasteiger partial charge in [0.1, 0.15) is 18.0 Å². The summed E-state index contributed by atoms with van der Waals surface area (Å²) >= 11 is 0. The van der Waals surface area contributed by atoms with Crippen molar-refractivity contribution in [2.75, 3.05) is 12.8 Å². The number of sulfone groups is 1. The highest BCUT2D eigenvalue weighted by Gasteiger charge is 2.27. The number of fused-ring (bicyclic) bond motifs is 1. The smallest absolute Gasteiger partial charge is 0.312 e. The van der Waals surface area contributed by atoms with Crippen LogP contribution in [0.15, 0.2) is 23.6 Å². The number of aromatic nitrogens is 3. The van der Waals surface area contributed by atoms with E-state index in [-0.39, 0.29) is 35.6 Å². The molecule has 0 fully saturated rings. The van der Waals surface area contributed by atoms with E-state index in [9.17, 15) is 27.6 Å². The van der Waals surface area contributed by atoms with Crippen LogP contribution in [-0.2, 0) is 30.8 Å². The molecule has 0 aliphatic heterocycles. The molecule has 4 amide bonds. The lowest BCUT2D eigenvalue weighted by Crippen LogP contribution is -2.53. The van der Waals surface area contributed by atoms with Crippen molar-refractivity contribution in [2.45, 2.75) is 70.1 Å². The van der Waals surface area contributed by atoms with Crippen molar-refractivity contribution in [3.8, 4) is 0 Å². The number of nitrogens with two attached hydrogens (primary N) is 1. The summed E-state index contributed by atoms with van der Waals surface area (Å²) in [5.74, 6) is -1.26. The van der Waals surface area contributed by atoms with Crippen molar-refractivity contribution >= 4 is 44.5 Å². The number of rotatable bonds is 14. The SMILES string of the molecule is CC(=O)[C@H](CCCNC(N)=O)NC(=O)[C@@H](NC(=O)CCCn1ccc2c(S(C)(=O)=O)ncnc21)C(C)C. The second-order valence-corrected chi connectivity index (χ2v) is 11.1. The predicted octanol–water partition coefficient (Wildman–Crippen LogP) is 0.278. The second-order valence-electron chi connectivity index (χ2n) is 9.20. The van der Waals surface area contributed by atoms with Gasteiger partial charge in [-0.15, -0.1) is 0 Å². The van der Waals surface area contributed by atoms with Crippen LogP contribution in [-0.4, -0.2) is 71.5 Å². The van der Waals surface area contributed by atoms with E-state index in [4.69, 9.17) is 5.73 Å². The van der Waals surface area contributed by atoms with Crippen LogP contribution in [0.5, 0.6) is 0 Å². The highest BCUT2D eigenvalue weighted by Crippen LogP contribution is 2.20. The van der Waals surface area contributed by atoms with Crippen LogP contribution in [0, 0.1) is 5.92 Å². The normalized spacial score (nSPS) is 13.2. The minimum Gasteiger partial charge on any atom is -0.352 e. The van der Waals surface area contributed by atoms with Gasteiger partial charge in [-0.3, -0.25) is 14.4 Å². The number of hydrogen-bond donors (Lipinski definition) is 4. The zero-order chi connectivity index (χ0) is 27.8. The molecule has 0 aliphatic rings. The zero-order valence-electron chi connectivity index (χ0n) is 21.5. The van der Waals surface area contributed by atoms with Gasteiger partial charge in [0.15, 0.2) is 20.6 Å². The van der Waals surface area contributed by atoms with Gasteiger partial charge in [0.05, 0.1) is 11.4 Å². The summed E-state index contributed by atoms with van der Waals surface area (Å²) in [4.78, 5) is 56.3. The van der Waals surface area contributed by atoms with Gasteiger partial charge in [-0.1, -0.05) is 13.8 Å². The van der Waals surface area contributed by atoms with Gasteiger partial charge in [0.2, 0.25) is 11.8 Å². The molecular formula is C23H35N7O6S. The number of primary amides is 1. The third kappa shape index (κ3) is 8.81. The lowest BCUT2D eigenvalue weighted by Gasteiger charge is -2.24. The molecule has 14 heteroatoms. The molecule has 0 spiro atoms. The van der Waals surface area contributed by atoms with Gasteiger partial charge in [-0.25, -0.2) is 23.2 Å². The van der Waals surface area contributed by atoms with Gasteiger partial charge in [-0.2, -0.15) is 0 Å². The summed E-state index contributed by atoms with van der Waals surface area (Å²) in [6.45, 7) is 5.62. The van der Waals surface area contributed by atoms with Crippen molar-refractivity contribution in [2.24, 2.45) is 11.7 Å². The number of aryl methyl sites for hydroxylation is 1. The minimum atomic E-state index is -3.51. The molecule has 2 heterocycles. The number of hydrogen-bond acceptors (Lipinski definition) is 8. The first-order valence-electron chi connectivity index (χ1n) is 11.9. The van der Waals surface area contributed by atoms with E-state index in [2.05, 4.69) is 25.9 Å². The molecule has 2 rings (SSSR count). The van der Waals surface area contributed by atoms with Gasteiger partial charge in [-0.05, 0) is 38.2 Å². The Balaban J connectivity index is 1.94. The number of nitrogens with one attached hydrogen (secondary N) is 3. The Bertz CT molecular complexity index is 1240. The maximum atomic E-state index is 12.9. The molecule has 0 saturated carbocycles. The average molecular weight is 538 g/mol. The van der Waals surface area contributed by atoms with E-state index < -0.39 is 33.9 Å². The van der Waals surface area contributed by atoms with Crippen molar-refractivity contribution < 1.29 is 27.6 Å². The van der Waals surface area contributed by atoms with E-state index in [1.54, 1.807) is 30.7 Å². The highest BCUT2D eigenvalue weighted by molar-refractivity contribution is 7.90. The molecular weight excluding hydrogens is 502 g/mol. The average Bonchev–Trinajstić information content (AvgIpc) is 3.21. The molecule has 0 bridgehead atoms. The monoisotopic (exact) mass is 537 g/mol. The Morgan fingerprint density at radius 3 is 2.41 bits per heavy atom. The van der Waals surface area contributed by atoms with Crippen LogP contribution < -0.4 is 21.7 Å². The van der Waals surface area contributed by atoms with E-state index in [1.807, 2.05) is 0 Å². The number of carbonyl (C=O) groups excluding carboxylic acids is 4. The third-order valence-corrected chi connectivity index (χ3v) is 6.74. The summed E-state index contributed by atoms with van der Waals surface area (Å²) in [5, 5.41) is 8.23. The molecule has 2 atom stereocenters. The molecule has 0 aliphatic carbocycles. The van der Waals surface area contributed by atoms with Gasteiger partial charge in [0, 0.05) is 32.0 Å². The summed E-state index contributed by atoms with van der Waals surface area (Å²) in [5.41, 5.74) is 5.48. The summed E-state index contributed by atoms with van der Waals surface area (Å²) < 4.78 is 25.6. The Morgan fingerprint density at radius 2 is 1.81 bits per heavy atom. The number of ketones is 1. The number of amides is 4. The maximum Gasteiger partial charge on any atom is 0.312 e. The number of Topliss-reactive ketones (excluding diaryl/α,β-unsaturated/α-hetero) is 1. The van der Waals surface area contributed by atoms with Crippen LogP contribution in [0.1, 0.15) is 46.5 Å². The number of carbonyl (C=O) groups is 4. The lowest BCUT2D eigenvalue weighted by molar-refractivity contribution is -0.132. The third-order valence-electron chi connectivity index (χ3n) is 5.72. The number of urea groups is 1. The van der Waals surface area contributed by atoms with Gasteiger partial charge < -0.3 is 26.3 Å². The van der Waals surface area contributed by atoms with Crippen molar-refractivity contribution in [3.63, 3.8) is 0 Å². The molecule has 0 aromatic carbocycles. The van der Waals surface area contributed by atoms with Crippen LogP contribution in [0.25, 0.3) is 11.0 Å². The van der Waals surface area contributed by atoms with E-state index >= 15 is 0 Å². The highest BCUT2D eigenvalue weighted by atomic mass is 32.2. The molecule has 204 valence electrons. The topological polar surface area (TPSA) is 195 Å².